The molecule has 1 saturated heterocycles. The number of alkyl carbamates (subject to hydrolysis) is 2. The average Bonchev–Trinajstić information content (AvgIpc) is 3.85. The normalized spacial score (nSPS) is 22.9. The molecule has 0 radical (unpaired) electrons. The van der Waals surface area contributed by atoms with Crippen molar-refractivity contribution in [1.29, 1.82) is 0 Å². The zero-order valence-corrected chi connectivity index (χ0v) is 32.2. The number of aromatic nitrogens is 4. The highest BCUT2D eigenvalue weighted by Crippen LogP contribution is 2.39. The summed E-state index contributed by atoms with van der Waals surface area (Å²) in [6, 6.07) is -2.13. The molecule has 290 valence electrons. The molecule has 2 unspecified atom stereocenters. The third-order valence-corrected chi connectivity index (χ3v) is 10.7. The van der Waals surface area contributed by atoms with Crippen LogP contribution in [0.3, 0.4) is 0 Å². The summed E-state index contributed by atoms with van der Waals surface area (Å²) in [5, 5.41) is 5.27. The molecule has 6 atom stereocenters. The van der Waals surface area contributed by atoms with Crippen LogP contribution < -0.4 is 10.6 Å². The fourth-order valence-electron chi connectivity index (χ4n) is 6.86. The topological polar surface area (TPSA) is 193 Å². The summed E-state index contributed by atoms with van der Waals surface area (Å²) in [5.41, 5.74) is 1.85. The minimum Gasteiger partial charge on any atom is -0.453 e. The van der Waals surface area contributed by atoms with Gasteiger partial charge in [-0.05, 0) is 57.3 Å². The number of amides is 4. The van der Waals surface area contributed by atoms with E-state index in [2.05, 4.69) is 30.6 Å². The number of nitrogens with one attached hydrogen (secondary N) is 4. The van der Waals surface area contributed by atoms with E-state index in [1.54, 1.807) is 30.1 Å². The molecule has 1 aliphatic carbocycles. The number of carbonyl (C=O) groups excluding carboxylic acids is 4. The van der Waals surface area contributed by atoms with Gasteiger partial charge in [0, 0.05) is 31.9 Å². The van der Waals surface area contributed by atoms with Gasteiger partial charge in [-0.15, -0.1) is 0 Å². The van der Waals surface area contributed by atoms with Gasteiger partial charge >= 0.3 is 12.2 Å². The zero-order valence-electron chi connectivity index (χ0n) is 32.2. The van der Waals surface area contributed by atoms with E-state index in [1.807, 2.05) is 47.7 Å². The van der Waals surface area contributed by atoms with Crippen molar-refractivity contribution in [2.75, 3.05) is 41.5 Å². The summed E-state index contributed by atoms with van der Waals surface area (Å²) in [6.45, 7) is 12.1. The van der Waals surface area contributed by atoms with E-state index in [4.69, 9.17) is 18.9 Å². The first-order valence-corrected chi connectivity index (χ1v) is 18.2. The van der Waals surface area contributed by atoms with Crippen LogP contribution in [-0.2, 0) is 28.5 Å². The third-order valence-electron chi connectivity index (χ3n) is 10.7. The van der Waals surface area contributed by atoms with Crippen LogP contribution in [0.4, 0.5) is 9.59 Å². The number of H-pyrrole nitrogens is 2. The van der Waals surface area contributed by atoms with Crippen LogP contribution in [0.5, 0.6) is 0 Å². The molecular formula is C36H58N8O8. The van der Waals surface area contributed by atoms with Crippen molar-refractivity contribution in [3.05, 3.63) is 35.4 Å². The van der Waals surface area contributed by atoms with Gasteiger partial charge in [0.2, 0.25) is 11.8 Å². The molecule has 52 heavy (non-hydrogen) atoms. The molecule has 16 nitrogen and oxygen atoms in total. The second-order valence-corrected chi connectivity index (χ2v) is 14.7. The van der Waals surface area contributed by atoms with E-state index in [1.165, 1.54) is 14.2 Å². The first kappa shape index (κ1) is 40.6. The highest BCUT2D eigenvalue weighted by atomic mass is 16.6. The maximum Gasteiger partial charge on any atom is 0.407 e. The van der Waals surface area contributed by atoms with E-state index in [9.17, 15) is 19.2 Å². The summed E-state index contributed by atoms with van der Waals surface area (Å²) in [6.07, 6.45) is 5.97. The van der Waals surface area contributed by atoms with Gasteiger partial charge in [0.1, 0.15) is 29.8 Å². The number of nitrogens with zero attached hydrogens (tertiary/aromatic N) is 4. The smallest absolute Gasteiger partial charge is 0.407 e. The van der Waals surface area contributed by atoms with Crippen LogP contribution in [0.15, 0.2) is 12.4 Å². The molecule has 16 heteroatoms. The Kier molecular flexibility index (Phi) is 14.1. The molecule has 3 heterocycles. The van der Waals surface area contributed by atoms with Crippen molar-refractivity contribution in [1.82, 2.24) is 40.4 Å². The number of carbonyl (C=O) groups is 4. The van der Waals surface area contributed by atoms with Crippen molar-refractivity contribution in [2.45, 2.75) is 110 Å². The number of imidazole rings is 2. The molecule has 2 aromatic heterocycles. The van der Waals surface area contributed by atoms with E-state index < -0.39 is 24.3 Å². The molecule has 2 fully saturated rings. The third kappa shape index (κ3) is 9.62. The molecule has 0 spiro atoms. The van der Waals surface area contributed by atoms with Gasteiger partial charge in [-0.3, -0.25) is 9.59 Å². The van der Waals surface area contributed by atoms with Crippen molar-refractivity contribution < 1.29 is 38.1 Å². The molecule has 0 bridgehead atoms. The molecule has 4 amide bonds. The summed E-state index contributed by atoms with van der Waals surface area (Å²) in [7, 11) is 5.95. The summed E-state index contributed by atoms with van der Waals surface area (Å²) in [5.74, 6) is 1.32. The Labute approximate surface area is 306 Å². The van der Waals surface area contributed by atoms with Crippen LogP contribution in [0, 0.1) is 17.8 Å². The first-order valence-electron chi connectivity index (χ1n) is 18.2. The molecule has 1 aliphatic heterocycles. The second-order valence-electron chi connectivity index (χ2n) is 14.7. The fraction of sp³-hybridized carbons (Fsp3) is 0.722. The Bertz CT molecular complexity index is 1380. The van der Waals surface area contributed by atoms with Crippen LogP contribution in [0.25, 0.3) is 0 Å². The highest BCUT2D eigenvalue weighted by molar-refractivity contribution is 5.86. The maximum atomic E-state index is 13.3. The Hall–Kier alpha value is -4.18. The average molecular weight is 731 g/mol. The Morgan fingerprint density at radius 3 is 1.62 bits per heavy atom. The van der Waals surface area contributed by atoms with Crippen molar-refractivity contribution in [2.24, 2.45) is 17.8 Å². The van der Waals surface area contributed by atoms with E-state index in [0.717, 1.165) is 37.1 Å². The van der Waals surface area contributed by atoms with Gasteiger partial charge in [-0.1, -0.05) is 27.7 Å². The van der Waals surface area contributed by atoms with E-state index in [-0.39, 0.29) is 47.9 Å². The first-order chi connectivity index (χ1) is 24.7. The lowest BCUT2D eigenvalue weighted by atomic mass is 9.78. The van der Waals surface area contributed by atoms with Gasteiger partial charge < -0.3 is 49.3 Å². The number of aromatic amines is 2. The summed E-state index contributed by atoms with van der Waals surface area (Å²) >= 11 is 0. The van der Waals surface area contributed by atoms with Gasteiger partial charge in [0.15, 0.2) is 0 Å². The second kappa shape index (κ2) is 18.0. The van der Waals surface area contributed by atoms with E-state index >= 15 is 0 Å². The molecular weight excluding hydrogens is 672 g/mol. The quantitative estimate of drug-likeness (QED) is 0.230. The molecule has 4 N–H and O–H groups in total. The largest absolute Gasteiger partial charge is 0.453 e. The lowest BCUT2D eigenvalue weighted by Crippen LogP contribution is -2.50. The fourth-order valence-corrected chi connectivity index (χ4v) is 6.86. The molecule has 2 aromatic rings. The summed E-state index contributed by atoms with van der Waals surface area (Å²) < 4.78 is 22.0. The van der Waals surface area contributed by atoms with Gasteiger partial charge in [0.05, 0.1) is 57.5 Å². The lowest BCUT2D eigenvalue weighted by Gasteiger charge is -2.37. The Balaban J connectivity index is 1.26. The summed E-state index contributed by atoms with van der Waals surface area (Å²) in [4.78, 5) is 69.3. The van der Waals surface area contributed by atoms with Crippen molar-refractivity contribution in [3.8, 4) is 0 Å². The number of likely N-dealkylation sites (N-methyl/N-ethyl adjacent to an activating group) is 2. The predicted octanol–water partition coefficient (Wildman–Crippen LogP) is 4.36. The Morgan fingerprint density at radius 1 is 0.731 bits per heavy atom. The lowest BCUT2D eigenvalue weighted by molar-refractivity contribution is -0.157. The van der Waals surface area contributed by atoms with Crippen LogP contribution >= 0.6 is 0 Å². The minimum atomic E-state index is -0.733. The van der Waals surface area contributed by atoms with Crippen LogP contribution in [-0.4, -0.2) is 113 Å². The standard InChI is InChI=1S/C36H58N8O8/c1-19(2)29(41-35(47)49-9)33(45)43(7)21(5)31-37-15-25(39-31)23-11-13-24(14-12-23)27-17-52-28(18-51-27)26-16-38-32(40-26)22(6)44(8)34(46)30(20(3)4)42-36(48)50-10/h15-16,19-24,27-30H,11-14,17-18H2,1-10H3,(H,37,39)(H,38,40)(H,41,47)(H,42,48)/t21-,22-,23?,24?,27?,28?,29+,30+/m1/s1. The molecule has 2 aliphatic rings. The number of methoxy groups -OCH3 is 2. The van der Waals surface area contributed by atoms with Crippen LogP contribution in [0.1, 0.15) is 114 Å². The van der Waals surface area contributed by atoms with Gasteiger partial charge in [0.25, 0.3) is 0 Å². The van der Waals surface area contributed by atoms with Crippen molar-refractivity contribution >= 4 is 24.0 Å². The zero-order chi connectivity index (χ0) is 38.3. The molecule has 4 rings (SSSR count). The van der Waals surface area contributed by atoms with Gasteiger partial charge in [-0.25, -0.2) is 19.6 Å². The Morgan fingerprint density at radius 2 is 1.19 bits per heavy atom. The van der Waals surface area contributed by atoms with Crippen LogP contribution in [0.2, 0.25) is 0 Å². The number of hydrogen-bond acceptors (Lipinski definition) is 10. The number of hydrogen-bond donors (Lipinski definition) is 4. The maximum absolute atomic E-state index is 13.3. The SMILES string of the molecule is COC(=O)N[C@H](C(=O)N(C)[C@H](C)c1ncc(C2CCC(C3COC(c4cnc([C@@H](C)N(C)C(=O)[C@@H](NC(=O)OC)C(C)C)[nH]4)CO3)CC2)[nH]1)C(C)C. The minimum absolute atomic E-state index is 0.00191. The van der Waals surface area contributed by atoms with Gasteiger partial charge in [-0.2, -0.15) is 0 Å². The number of ether oxygens (including phenoxy) is 4. The molecule has 1 saturated carbocycles. The predicted molar refractivity (Wildman–Crippen MR) is 191 cm³/mol. The van der Waals surface area contributed by atoms with E-state index in [0.29, 0.717) is 36.7 Å². The highest BCUT2D eigenvalue weighted by Gasteiger charge is 2.36. The molecule has 0 aromatic carbocycles. The number of rotatable bonds is 13. The van der Waals surface area contributed by atoms with Crippen molar-refractivity contribution in [3.63, 3.8) is 0 Å². The monoisotopic (exact) mass is 730 g/mol.